The number of rotatable bonds is 4. The summed E-state index contributed by atoms with van der Waals surface area (Å²) in [4.78, 5) is 29.9. The maximum atomic E-state index is 13.7. The van der Waals surface area contributed by atoms with E-state index >= 15 is 0 Å². The van der Waals surface area contributed by atoms with E-state index in [0.29, 0.717) is 0 Å². The molecule has 4 nitrogen and oxygen atoms in total. The number of hydrogen-bond donors (Lipinski definition) is 1. The molecule has 1 fully saturated rings. The molecule has 166 valence electrons. The zero-order valence-corrected chi connectivity index (χ0v) is 20.8. The number of allylic oxidation sites excluding steroid dienone is 1. The number of nitrogens with one attached hydrogen (secondary N) is 1. The summed E-state index contributed by atoms with van der Waals surface area (Å²) in [5.74, 6) is -0.125. The van der Waals surface area contributed by atoms with Crippen LogP contribution in [0.1, 0.15) is 89.6 Å². The number of carbonyl (C=O) groups is 2. The molecule has 1 aliphatic heterocycles. The van der Waals surface area contributed by atoms with E-state index in [-0.39, 0.29) is 23.4 Å². The van der Waals surface area contributed by atoms with Crippen LogP contribution in [0.4, 0.5) is 0 Å². The van der Waals surface area contributed by atoms with E-state index in [2.05, 4.69) is 11.9 Å². The Labute approximate surface area is 190 Å². The smallest absolute Gasteiger partial charge is 0.256 e. The molecular formula is C24H36N2O2S2. The van der Waals surface area contributed by atoms with Gasteiger partial charge in [0.05, 0.1) is 5.56 Å². The van der Waals surface area contributed by atoms with Crippen molar-refractivity contribution in [2.75, 3.05) is 0 Å². The Morgan fingerprint density at radius 2 is 1.80 bits per heavy atom. The largest absolute Gasteiger partial charge is 0.349 e. The predicted octanol–water partition coefficient (Wildman–Crippen LogP) is 6.45. The van der Waals surface area contributed by atoms with Crippen LogP contribution >= 0.6 is 23.1 Å². The minimum atomic E-state index is -0.616. The third kappa shape index (κ3) is 5.38. The third-order valence-electron chi connectivity index (χ3n) is 5.35. The molecule has 2 heterocycles. The predicted molar refractivity (Wildman–Crippen MR) is 131 cm³/mol. The molecule has 1 aliphatic carbocycles. The highest BCUT2D eigenvalue weighted by atomic mass is 32.2. The van der Waals surface area contributed by atoms with Crippen molar-refractivity contribution in [2.45, 2.75) is 91.3 Å². The Kier molecular flexibility index (Phi) is 8.80. The third-order valence-corrected chi connectivity index (χ3v) is 7.05. The van der Waals surface area contributed by atoms with Crippen LogP contribution in [0.25, 0.3) is 5.57 Å². The lowest BCUT2D eigenvalue weighted by Gasteiger charge is -2.40. The topological polar surface area (TPSA) is 49.4 Å². The van der Waals surface area contributed by atoms with Gasteiger partial charge in [0.25, 0.3) is 5.91 Å². The van der Waals surface area contributed by atoms with Crippen molar-refractivity contribution in [3.05, 3.63) is 38.8 Å². The van der Waals surface area contributed by atoms with Crippen LogP contribution in [0.2, 0.25) is 0 Å². The Morgan fingerprint density at radius 3 is 2.37 bits per heavy atom. The monoisotopic (exact) mass is 448 g/mol. The summed E-state index contributed by atoms with van der Waals surface area (Å²) in [6.07, 6.45) is 5.31. The van der Waals surface area contributed by atoms with Gasteiger partial charge in [-0.2, -0.15) is 11.3 Å². The molecular weight excluding hydrogens is 412 g/mol. The minimum absolute atomic E-state index is 0.0174. The van der Waals surface area contributed by atoms with Crippen LogP contribution in [0.15, 0.2) is 27.7 Å². The van der Waals surface area contributed by atoms with E-state index < -0.39 is 6.04 Å². The molecule has 1 atom stereocenters. The molecule has 2 amide bonds. The molecule has 0 radical (unpaired) electrons. The molecule has 1 aromatic heterocycles. The maximum absolute atomic E-state index is 13.7. The molecule has 30 heavy (non-hydrogen) atoms. The van der Waals surface area contributed by atoms with Crippen molar-refractivity contribution in [1.29, 1.82) is 0 Å². The highest BCUT2D eigenvalue weighted by Gasteiger charge is 2.43. The van der Waals surface area contributed by atoms with Gasteiger partial charge in [-0.15, -0.1) is 11.8 Å². The van der Waals surface area contributed by atoms with Gasteiger partial charge in [0.15, 0.2) is 0 Å². The number of fused-ring (bicyclic) bond motifs is 1. The highest BCUT2D eigenvalue weighted by Crippen LogP contribution is 2.41. The maximum Gasteiger partial charge on any atom is 0.256 e. The molecule has 1 aromatic rings. The lowest BCUT2D eigenvalue weighted by atomic mass is 9.92. The average Bonchev–Trinajstić information content (AvgIpc) is 3.17. The summed E-state index contributed by atoms with van der Waals surface area (Å²) < 4.78 is 0. The fraction of sp³-hybridized carbons (Fsp3) is 0.583. The second-order valence-corrected chi connectivity index (χ2v) is 10.4. The van der Waals surface area contributed by atoms with Crippen molar-refractivity contribution in [1.82, 2.24) is 10.2 Å². The number of thioether (sulfide) groups is 1. The highest BCUT2D eigenvalue weighted by molar-refractivity contribution is 8.06. The molecule has 0 aromatic carbocycles. The first kappa shape index (κ1) is 24.7. The Balaban J connectivity index is 0.00000155. The molecule has 6 heteroatoms. The lowest BCUT2D eigenvalue weighted by Crippen LogP contribution is -2.57. The van der Waals surface area contributed by atoms with Crippen LogP contribution in [-0.2, 0) is 4.79 Å². The van der Waals surface area contributed by atoms with Gasteiger partial charge < -0.3 is 10.2 Å². The van der Waals surface area contributed by atoms with E-state index in [1.807, 2.05) is 57.2 Å². The fourth-order valence-electron chi connectivity index (χ4n) is 4.14. The molecule has 1 unspecified atom stereocenters. The van der Waals surface area contributed by atoms with E-state index in [0.717, 1.165) is 47.3 Å². The second-order valence-electron chi connectivity index (χ2n) is 8.62. The van der Waals surface area contributed by atoms with Gasteiger partial charge in [-0.05, 0) is 56.9 Å². The lowest BCUT2D eigenvalue weighted by molar-refractivity contribution is -0.126. The summed E-state index contributed by atoms with van der Waals surface area (Å²) in [7, 11) is 0. The van der Waals surface area contributed by atoms with Crippen molar-refractivity contribution in [2.24, 2.45) is 0 Å². The standard InChI is InChI=1S/C22H30N2O2S2.C2H6/c1-6-28-19-14(2)16-12-27-13-17(16)21(26)24(15-10-8-7-9-11-15)18(19)20(25)23-22(3,4)5;1-2/h6,12-13,15,18H,1,7-11H2,2-5H3,(H,23,25);1-2H3. The van der Waals surface area contributed by atoms with Crippen LogP contribution in [0, 0.1) is 0 Å². The van der Waals surface area contributed by atoms with Gasteiger partial charge >= 0.3 is 0 Å². The number of nitrogens with zero attached hydrogens (tertiary/aromatic N) is 1. The van der Waals surface area contributed by atoms with Crippen molar-refractivity contribution in [3.63, 3.8) is 0 Å². The zero-order valence-electron chi connectivity index (χ0n) is 19.2. The molecule has 0 spiro atoms. The van der Waals surface area contributed by atoms with Crippen molar-refractivity contribution < 1.29 is 9.59 Å². The van der Waals surface area contributed by atoms with Gasteiger partial charge in [0, 0.05) is 27.4 Å². The molecule has 0 bridgehead atoms. The summed E-state index contributed by atoms with van der Waals surface area (Å²) in [6, 6.07) is -0.522. The first-order valence-electron chi connectivity index (χ1n) is 10.9. The molecule has 2 aliphatic rings. The van der Waals surface area contributed by atoms with Crippen LogP contribution in [-0.4, -0.2) is 34.3 Å². The Bertz CT molecular complexity index is 798. The van der Waals surface area contributed by atoms with Gasteiger partial charge in [-0.1, -0.05) is 39.7 Å². The fourth-order valence-corrected chi connectivity index (χ4v) is 5.82. The number of hydrogen-bond acceptors (Lipinski definition) is 4. The second kappa shape index (κ2) is 10.7. The van der Waals surface area contributed by atoms with Crippen LogP contribution < -0.4 is 5.32 Å². The van der Waals surface area contributed by atoms with Crippen molar-refractivity contribution in [3.8, 4) is 0 Å². The van der Waals surface area contributed by atoms with Gasteiger partial charge in [-0.25, -0.2) is 0 Å². The molecule has 1 saturated carbocycles. The van der Waals surface area contributed by atoms with E-state index in [4.69, 9.17) is 0 Å². The quantitative estimate of drug-likeness (QED) is 0.575. The number of carbonyl (C=O) groups excluding carboxylic acids is 2. The van der Waals surface area contributed by atoms with E-state index in [1.54, 1.807) is 16.7 Å². The SMILES string of the molecule is C=CSC1=C(C)c2cscc2C(=O)N(C2CCCCC2)C1C(=O)NC(C)(C)C.CC. The minimum Gasteiger partial charge on any atom is -0.349 e. The normalized spacial score (nSPS) is 20.1. The van der Waals surface area contributed by atoms with Crippen LogP contribution in [0.5, 0.6) is 0 Å². The summed E-state index contributed by atoms with van der Waals surface area (Å²) in [5, 5.41) is 8.83. The van der Waals surface area contributed by atoms with E-state index in [9.17, 15) is 9.59 Å². The summed E-state index contributed by atoms with van der Waals surface area (Å²) in [5.41, 5.74) is 2.31. The Morgan fingerprint density at radius 1 is 1.20 bits per heavy atom. The summed E-state index contributed by atoms with van der Waals surface area (Å²) >= 11 is 3.01. The van der Waals surface area contributed by atoms with Gasteiger partial charge in [0.2, 0.25) is 5.91 Å². The van der Waals surface area contributed by atoms with Gasteiger partial charge in [-0.3, -0.25) is 9.59 Å². The summed E-state index contributed by atoms with van der Waals surface area (Å²) in [6.45, 7) is 15.8. The molecule has 1 N–H and O–H groups in total. The van der Waals surface area contributed by atoms with Gasteiger partial charge in [0.1, 0.15) is 6.04 Å². The number of amides is 2. The first-order chi connectivity index (χ1) is 14.2. The molecule has 0 saturated heterocycles. The zero-order chi connectivity index (χ0) is 22.5. The molecule has 3 rings (SSSR count). The Hall–Kier alpha value is -1.53. The van der Waals surface area contributed by atoms with Crippen molar-refractivity contribution >= 4 is 40.5 Å². The number of thiophene rings is 1. The van der Waals surface area contributed by atoms with E-state index in [1.165, 1.54) is 18.2 Å². The first-order valence-corrected chi connectivity index (χ1v) is 12.8. The van der Waals surface area contributed by atoms with Crippen LogP contribution in [0.3, 0.4) is 0 Å². The average molecular weight is 449 g/mol.